The van der Waals surface area contributed by atoms with E-state index in [-0.39, 0.29) is 17.8 Å². The summed E-state index contributed by atoms with van der Waals surface area (Å²) in [5, 5.41) is 10.6. The number of anilines is 1. The second kappa shape index (κ2) is 6.53. The zero-order valence-corrected chi connectivity index (χ0v) is 16.3. The van der Waals surface area contributed by atoms with Crippen LogP contribution in [0, 0.1) is 0 Å². The Bertz CT molecular complexity index is 1110. The monoisotopic (exact) mass is 397 g/mol. The summed E-state index contributed by atoms with van der Waals surface area (Å²) in [6.07, 6.45) is 4.46. The fourth-order valence-corrected chi connectivity index (χ4v) is 6.46. The number of hydrogen-bond donors (Lipinski definition) is 2. The first-order valence-corrected chi connectivity index (χ1v) is 11.1. The predicted octanol–water partition coefficient (Wildman–Crippen LogP) is 3.31. The largest absolute Gasteiger partial charge is 0.508 e. The van der Waals surface area contributed by atoms with Gasteiger partial charge in [-0.1, -0.05) is 6.07 Å². The van der Waals surface area contributed by atoms with Gasteiger partial charge in [-0.25, -0.2) is 8.42 Å². The molecule has 3 aromatic rings. The van der Waals surface area contributed by atoms with Crippen molar-refractivity contribution < 1.29 is 13.5 Å². The molecule has 6 nitrogen and oxygen atoms in total. The second-order valence-corrected chi connectivity index (χ2v) is 9.51. The van der Waals surface area contributed by atoms with Gasteiger partial charge in [0.2, 0.25) is 10.0 Å². The number of nitrogens with one attached hydrogen (secondary N) is 1. The average Bonchev–Trinajstić information content (AvgIpc) is 3.35. The first-order valence-electron chi connectivity index (χ1n) is 9.69. The van der Waals surface area contributed by atoms with Gasteiger partial charge >= 0.3 is 0 Å². The third-order valence-electron chi connectivity index (χ3n) is 6.07. The highest BCUT2D eigenvalue weighted by Crippen LogP contribution is 2.37. The lowest BCUT2D eigenvalue weighted by molar-refractivity contribution is 0.314. The molecule has 0 bridgehead atoms. The third kappa shape index (κ3) is 2.77. The fraction of sp³-hybridized carbons (Fsp3) is 0.333. The number of nitrogens with zero attached hydrogens (tertiary/aromatic N) is 2. The summed E-state index contributed by atoms with van der Waals surface area (Å²) in [4.78, 5) is 5.76. The molecule has 2 aliphatic heterocycles. The van der Waals surface area contributed by atoms with Crippen LogP contribution in [0.25, 0.3) is 10.9 Å². The van der Waals surface area contributed by atoms with Crippen LogP contribution in [0.4, 0.5) is 5.69 Å². The Hall–Kier alpha value is -2.51. The van der Waals surface area contributed by atoms with E-state index in [9.17, 15) is 13.5 Å². The number of sulfonamides is 1. The van der Waals surface area contributed by atoms with Crippen LogP contribution in [0.3, 0.4) is 0 Å². The maximum Gasteiger partial charge on any atom is 0.243 e. The Balaban J connectivity index is 1.46. The highest BCUT2D eigenvalue weighted by molar-refractivity contribution is 7.89. The SMILES string of the molecule is O=S(=O)(c1ccc2cc[nH]c2c1)N1CCC2C1CCCN2c1ccc(O)cc1. The molecule has 3 heterocycles. The second-order valence-electron chi connectivity index (χ2n) is 7.62. The van der Waals surface area contributed by atoms with Crippen LogP contribution in [0.15, 0.2) is 59.6 Å². The van der Waals surface area contributed by atoms with E-state index in [4.69, 9.17) is 0 Å². The summed E-state index contributed by atoms with van der Waals surface area (Å²) in [6, 6.07) is 14.6. The minimum Gasteiger partial charge on any atom is -0.508 e. The number of phenols is 1. The number of aromatic hydroxyl groups is 1. The number of benzene rings is 2. The van der Waals surface area contributed by atoms with E-state index < -0.39 is 10.0 Å². The van der Waals surface area contributed by atoms with Gasteiger partial charge in [0.15, 0.2) is 0 Å². The molecular weight excluding hydrogens is 374 g/mol. The van der Waals surface area contributed by atoms with Gasteiger partial charge < -0.3 is 15.0 Å². The molecule has 2 atom stereocenters. The molecule has 0 spiro atoms. The summed E-state index contributed by atoms with van der Waals surface area (Å²) in [5.41, 5.74) is 1.88. The maximum absolute atomic E-state index is 13.4. The summed E-state index contributed by atoms with van der Waals surface area (Å²) in [5.74, 6) is 0.243. The lowest BCUT2D eigenvalue weighted by atomic mass is 9.96. The molecule has 2 unspecified atom stereocenters. The number of phenolic OH excluding ortho intramolecular Hbond substituents is 1. The number of fused-ring (bicyclic) bond motifs is 2. The molecule has 0 radical (unpaired) electrons. The van der Waals surface area contributed by atoms with Gasteiger partial charge in [-0.05, 0) is 67.1 Å². The Morgan fingerprint density at radius 1 is 0.964 bits per heavy atom. The highest BCUT2D eigenvalue weighted by Gasteiger charge is 2.45. The molecule has 146 valence electrons. The number of aromatic nitrogens is 1. The van der Waals surface area contributed by atoms with Crippen molar-refractivity contribution in [1.82, 2.24) is 9.29 Å². The molecule has 0 amide bonds. The quantitative estimate of drug-likeness (QED) is 0.711. The molecule has 2 fully saturated rings. The van der Waals surface area contributed by atoms with Crippen molar-refractivity contribution in [3.63, 3.8) is 0 Å². The molecule has 28 heavy (non-hydrogen) atoms. The maximum atomic E-state index is 13.4. The highest BCUT2D eigenvalue weighted by atomic mass is 32.2. The molecule has 2 aromatic carbocycles. The van der Waals surface area contributed by atoms with Gasteiger partial charge in [0, 0.05) is 42.6 Å². The molecule has 2 N–H and O–H groups in total. The molecule has 0 saturated carbocycles. The first-order chi connectivity index (χ1) is 13.5. The van der Waals surface area contributed by atoms with Gasteiger partial charge in [-0.3, -0.25) is 0 Å². The van der Waals surface area contributed by atoms with E-state index in [1.54, 1.807) is 28.6 Å². The molecule has 7 heteroatoms. The van der Waals surface area contributed by atoms with E-state index in [0.717, 1.165) is 42.4 Å². The van der Waals surface area contributed by atoms with E-state index in [0.29, 0.717) is 11.4 Å². The Morgan fingerprint density at radius 2 is 1.79 bits per heavy atom. The number of H-pyrrole nitrogens is 1. The molecule has 5 rings (SSSR count). The van der Waals surface area contributed by atoms with Crippen molar-refractivity contribution in [2.45, 2.75) is 36.2 Å². The Morgan fingerprint density at radius 3 is 2.61 bits per heavy atom. The zero-order chi connectivity index (χ0) is 19.3. The van der Waals surface area contributed by atoms with E-state index in [2.05, 4.69) is 9.88 Å². The molecular formula is C21H23N3O3S. The van der Waals surface area contributed by atoms with E-state index >= 15 is 0 Å². The average molecular weight is 398 g/mol. The zero-order valence-electron chi connectivity index (χ0n) is 15.5. The lowest BCUT2D eigenvalue weighted by Crippen LogP contribution is -2.51. The Kier molecular flexibility index (Phi) is 4.10. The predicted molar refractivity (Wildman–Crippen MR) is 109 cm³/mol. The van der Waals surface area contributed by atoms with Crippen LogP contribution in [-0.4, -0.2) is 48.0 Å². The van der Waals surface area contributed by atoms with Gasteiger partial charge in [0.05, 0.1) is 4.90 Å². The van der Waals surface area contributed by atoms with Crippen LogP contribution >= 0.6 is 0 Å². The smallest absolute Gasteiger partial charge is 0.243 e. The van der Waals surface area contributed by atoms with E-state index in [1.807, 2.05) is 30.5 Å². The Labute approximate surface area is 164 Å². The van der Waals surface area contributed by atoms with Crippen LogP contribution in [0.2, 0.25) is 0 Å². The summed E-state index contributed by atoms with van der Waals surface area (Å²) in [7, 11) is -3.54. The third-order valence-corrected chi connectivity index (χ3v) is 7.99. The molecule has 0 aliphatic carbocycles. The number of piperidine rings is 1. The van der Waals surface area contributed by atoms with Crippen LogP contribution < -0.4 is 4.90 Å². The van der Waals surface area contributed by atoms with Crippen molar-refractivity contribution in [2.75, 3.05) is 18.0 Å². The standard InChI is InChI=1S/C21H23N3O3S/c25-17-6-4-16(5-7-17)23-12-1-2-21-20(23)10-13-24(21)28(26,27)18-8-3-15-9-11-22-19(15)14-18/h3-9,11,14,20-22,25H,1-2,10,12-13H2. The summed E-state index contributed by atoms with van der Waals surface area (Å²) in [6.45, 7) is 1.45. The fourth-order valence-electron chi connectivity index (χ4n) is 4.73. The van der Waals surface area contributed by atoms with Crippen LogP contribution in [0.1, 0.15) is 19.3 Å². The topological polar surface area (TPSA) is 76.6 Å². The minimum atomic E-state index is -3.54. The first kappa shape index (κ1) is 17.6. The summed E-state index contributed by atoms with van der Waals surface area (Å²) >= 11 is 0. The normalized spacial score (nSPS) is 23.2. The molecule has 2 saturated heterocycles. The van der Waals surface area contributed by atoms with Gasteiger partial charge in [-0.2, -0.15) is 4.31 Å². The van der Waals surface area contributed by atoms with Crippen molar-refractivity contribution in [2.24, 2.45) is 0 Å². The minimum absolute atomic E-state index is 0.0214. The number of rotatable bonds is 3. The van der Waals surface area contributed by atoms with Crippen molar-refractivity contribution in [3.8, 4) is 5.75 Å². The van der Waals surface area contributed by atoms with Crippen molar-refractivity contribution >= 4 is 26.6 Å². The van der Waals surface area contributed by atoms with Gasteiger partial charge in [-0.15, -0.1) is 0 Å². The van der Waals surface area contributed by atoms with Crippen LogP contribution in [-0.2, 0) is 10.0 Å². The summed E-state index contributed by atoms with van der Waals surface area (Å²) < 4.78 is 28.5. The van der Waals surface area contributed by atoms with Crippen molar-refractivity contribution in [3.05, 3.63) is 54.7 Å². The van der Waals surface area contributed by atoms with Crippen molar-refractivity contribution in [1.29, 1.82) is 0 Å². The van der Waals surface area contributed by atoms with Gasteiger partial charge in [0.1, 0.15) is 5.75 Å². The lowest BCUT2D eigenvalue weighted by Gasteiger charge is -2.41. The molecule has 1 aromatic heterocycles. The van der Waals surface area contributed by atoms with E-state index in [1.165, 1.54) is 0 Å². The number of aromatic amines is 1. The number of hydrogen-bond acceptors (Lipinski definition) is 4. The molecule has 2 aliphatic rings. The van der Waals surface area contributed by atoms with Crippen LogP contribution in [0.5, 0.6) is 5.75 Å². The van der Waals surface area contributed by atoms with Gasteiger partial charge in [0.25, 0.3) is 0 Å².